The molecule has 0 saturated carbocycles. The van der Waals surface area contributed by atoms with Crippen LogP contribution in [0.5, 0.6) is 0 Å². The van der Waals surface area contributed by atoms with E-state index in [0.29, 0.717) is 35.0 Å². The maximum Gasteiger partial charge on any atom is 0.335 e. The van der Waals surface area contributed by atoms with Crippen LogP contribution < -0.4 is 10.6 Å². The van der Waals surface area contributed by atoms with Gasteiger partial charge in [0.1, 0.15) is 5.82 Å². The van der Waals surface area contributed by atoms with Crippen LogP contribution in [0.2, 0.25) is 0 Å². The molecule has 0 atom stereocenters. The molecule has 8 heteroatoms. The lowest BCUT2D eigenvalue weighted by molar-refractivity contribution is 0.0697. The van der Waals surface area contributed by atoms with Crippen molar-refractivity contribution in [2.45, 2.75) is 13.5 Å². The molecule has 3 N–H and O–H groups in total. The predicted molar refractivity (Wildman–Crippen MR) is 89.8 cm³/mol. The van der Waals surface area contributed by atoms with E-state index in [1.807, 2.05) is 18.0 Å². The van der Waals surface area contributed by atoms with Crippen molar-refractivity contribution in [3.8, 4) is 0 Å². The number of carboxylic acids is 1. The average Bonchev–Trinajstić information content (AvgIpc) is 2.55. The Bertz CT molecular complexity index is 928. The van der Waals surface area contributed by atoms with E-state index in [2.05, 4.69) is 19.9 Å². The Morgan fingerprint density at radius 2 is 2.08 bits per heavy atom. The van der Waals surface area contributed by atoms with Gasteiger partial charge in [0.25, 0.3) is 0 Å². The fraction of sp³-hybridized carbons (Fsp3) is 0.188. The molecule has 3 aromatic rings. The molecule has 122 valence electrons. The Hall–Kier alpha value is -3.29. The molecule has 24 heavy (non-hydrogen) atoms. The Kier molecular flexibility index (Phi) is 3.95. The Morgan fingerprint density at radius 3 is 2.83 bits per heavy atom. The zero-order valence-corrected chi connectivity index (χ0v) is 13.3. The van der Waals surface area contributed by atoms with Crippen molar-refractivity contribution in [2.24, 2.45) is 0 Å². The van der Waals surface area contributed by atoms with Gasteiger partial charge in [0.15, 0.2) is 17.0 Å². The fourth-order valence-corrected chi connectivity index (χ4v) is 2.37. The standard InChI is InChI=1S/C16H16N6O2/c1-9-19-14(17)13-15(20-9)18-7-11(21-13)8-22(2)12-5-3-4-10(6-12)16(23)24/h3-7H,8H2,1-2H3,(H,23,24)(H2,17,18,19,20). The molecule has 0 spiro atoms. The lowest BCUT2D eigenvalue weighted by Gasteiger charge is -2.19. The summed E-state index contributed by atoms with van der Waals surface area (Å²) in [4.78, 5) is 30.0. The van der Waals surface area contributed by atoms with Crippen molar-refractivity contribution in [1.29, 1.82) is 0 Å². The third-order valence-corrected chi connectivity index (χ3v) is 3.53. The average molecular weight is 324 g/mol. The summed E-state index contributed by atoms with van der Waals surface area (Å²) in [6, 6.07) is 6.70. The molecule has 0 saturated heterocycles. The van der Waals surface area contributed by atoms with Crippen molar-refractivity contribution in [3.05, 3.63) is 47.5 Å². The van der Waals surface area contributed by atoms with Gasteiger partial charge in [0.05, 0.1) is 24.0 Å². The van der Waals surface area contributed by atoms with E-state index in [1.54, 1.807) is 31.3 Å². The van der Waals surface area contributed by atoms with Crippen molar-refractivity contribution < 1.29 is 9.90 Å². The second-order valence-electron chi connectivity index (χ2n) is 5.40. The second kappa shape index (κ2) is 6.07. The Labute approximate surface area is 138 Å². The topological polar surface area (TPSA) is 118 Å². The number of carbonyl (C=O) groups is 1. The lowest BCUT2D eigenvalue weighted by atomic mass is 10.2. The molecule has 3 rings (SSSR count). The van der Waals surface area contributed by atoms with Gasteiger partial charge in [0, 0.05) is 12.7 Å². The van der Waals surface area contributed by atoms with Crippen molar-refractivity contribution in [2.75, 3.05) is 17.7 Å². The number of hydrogen-bond acceptors (Lipinski definition) is 7. The number of carboxylic acid groups (broad SMARTS) is 1. The van der Waals surface area contributed by atoms with Crippen LogP contribution in [0, 0.1) is 6.92 Å². The van der Waals surface area contributed by atoms with E-state index in [1.165, 1.54) is 0 Å². The third-order valence-electron chi connectivity index (χ3n) is 3.53. The molecule has 0 unspecified atom stereocenters. The molecule has 0 aliphatic carbocycles. The number of nitrogens with zero attached hydrogens (tertiary/aromatic N) is 5. The number of fused-ring (bicyclic) bond motifs is 1. The summed E-state index contributed by atoms with van der Waals surface area (Å²) < 4.78 is 0. The van der Waals surface area contributed by atoms with E-state index in [4.69, 9.17) is 10.8 Å². The summed E-state index contributed by atoms with van der Waals surface area (Å²) in [5.74, 6) is -0.122. The Balaban J connectivity index is 1.89. The zero-order valence-electron chi connectivity index (χ0n) is 13.3. The first-order valence-electron chi connectivity index (χ1n) is 7.24. The highest BCUT2D eigenvalue weighted by Crippen LogP contribution is 2.18. The number of nitrogen functional groups attached to an aromatic ring is 1. The molecular weight excluding hydrogens is 308 g/mol. The number of aromatic nitrogens is 4. The second-order valence-corrected chi connectivity index (χ2v) is 5.40. The molecule has 0 aliphatic heterocycles. The third kappa shape index (κ3) is 3.07. The summed E-state index contributed by atoms with van der Waals surface area (Å²) >= 11 is 0. The molecule has 2 aromatic heterocycles. The van der Waals surface area contributed by atoms with Crippen LogP contribution in [0.3, 0.4) is 0 Å². The van der Waals surface area contributed by atoms with Gasteiger partial charge in [-0.25, -0.2) is 24.7 Å². The number of aryl methyl sites for hydroxylation is 1. The molecule has 2 heterocycles. The number of benzene rings is 1. The smallest absolute Gasteiger partial charge is 0.335 e. The molecule has 0 fully saturated rings. The number of nitrogens with two attached hydrogens (primary N) is 1. The van der Waals surface area contributed by atoms with Crippen LogP contribution in [0.1, 0.15) is 21.9 Å². The van der Waals surface area contributed by atoms with E-state index in [9.17, 15) is 4.79 Å². The van der Waals surface area contributed by atoms with Gasteiger partial charge >= 0.3 is 5.97 Å². The summed E-state index contributed by atoms with van der Waals surface area (Å²) in [5.41, 5.74) is 8.50. The van der Waals surface area contributed by atoms with Crippen LogP contribution in [0.15, 0.2) is 30.5 Å². The molecule has 0 bridgehead atoms. The maximum absolute atomic E-state index is 11.1. The zero-order chi connectivity index (χ0) is 17.3. The van der Waals surface area contributed by atoms with Crippen LogP contribution in [-0.2, 0) is 6.54 Å². The molecule has 0 amide bonds. The van der Waals surface area contributed by atoms with Crippen molar-refractivity contribution >= 4 is 28.6 Å². The molecule has 1 aromatic carbocycles. The SMILES string of the molecule is Cc1nc(N)c2nc(CN(C)c3cccc(C(=O)O)c3)cnc2n1. The monoisotopic (exact) mass is 324 g/mol. The number of aromatic carboxylic acids is 1. The minimum absolute atomic E-state index is 0.233. The van der Waals surface area contributed by atoms with Crippen LogP contribution >= 0.6 is 0 Å². The summed E-state index contributed by atoms with van der Waals surface area (Å²) in [5, 5.41) is 9.08. The Morgan fingerprint density at radius 1 is 1.29 bits per heavy atom. The lowest BCUT2D eigenvalue weighted by Crippen LogP contribution is -2.18. The first-order valence-corrected chi connectivity index (χ1v) is 7.24. The van der Waals surface area contributed by atoms with Crippen molar-refractivity contribution in [1.82, 2.24) is 19.9 Å². The van der Waals surface area contributed by atoms with Gasteiger partial charge in [-0.15, -0.1) is 0 Å². The van der Waals surface area contributed by atoms with Gasteiger partial charge in [-0.2, -0.15) is 0 Å². The number of rotatable bonds is 4. The van der Waals surface area contributed by atoms with E-state index in [0.717, 1.165) is 5.69 Å². The van der Waals surface area contributed by atoms with Gasteiger partial charge < -0.3 is 15.7 Å². The van der Waals surface area contributed by atoms with Crippen LogP contribution in [-0.4, -0.2) is 38.1 Å². The molecule has 8 nitrogen and oxygen atoms in total. The summed E-state index contributed by atoms with van der Waals surface area (Å²) in [7, 11) is 1.85. The van der Waals surface area contributed by atoms with Gasteiger partial charge in [0.2, 0.25) is 0 Å². The molecule has 0 aliphatic rings. The quantitative estimate of drug-likeness (QED) is 0.743. The summed E-state index contributed by atoms with van der Waals surface area (Å²) in [6.07, 6.45) is 1.63. The first kappa shape index (κ1) is 15.6. The normalized spacial score (nSPS) is 10.8. The predicted octanol–water partition coefficient (Wildman–Crippen LogP) is 1.65. The van der Waals surface area contributed by atoms with Gasteiger partial charge in [-0.1, -0.05) is 6.07 Å². The van der Waals surface area contributed by atoms with Gasteiger partial charge in [-0.05, 0) is 25.1 Å². The van der Waals surface area contributed by atoms with Crippen LogP contribution in [0.4, 0.5) is 11.5 Å². The van der Waals surface area contributed by atoms with E-state index in [-0.39, 0.29) is 5.56 Å². The first-order chi connectivity index (χ1) is 11.4. The minimum Gasteiger partial charge on any atom is -0.478 e. The molecule has 0 radical (unpaired) electrons. The van der Waals surface area contributed by atoms with Crippen LogP contribution in [0.25, 0.3) is 11.2 Å². The highest BCUT2D eigenvalue weighted by molar-refractivity contribution is 5.88. The highest BCUT2D eigenvalue weighted by atomic mass is 16.4. The van der Waals surface area contributed by atoms with Gasteiger partial charge in [-0.3, -0.25) is 0 Å². The molecular formula is C16H16N6O2. The highest BCUT2D eigenvalue weighted by Gasteiger charge is 2.10. The maximum atomic E-state index is 11.1. The largest absolute Gasteiger partial charge is 0.478 e. The van der Waals surface area contributed by atoms with Crippen molar-refractivity contribution in [3.63, 3.8) is 0 Å². The number of hydrogen-bond donors (Lipinski definition) is 2. The number of anilines is 2. The minimum atomic E-state index is -0.962. The summed E-state index contributed by atoms with van der Waals surface area (Å²) in [6.45, 7) is 2.19. The fourth-order valence-electron chi connectivity index (χ4n) is 2.37. The van der Waals surface area contributed by atoms with E-state index < -0.39 is 5.97 Å². The van der Waals surface area contributed by atoms with E-state index >= 15 is 0 Å².